The van der Waals surface area contributed by atoms with Crippen LogP contribution in [0.15, 0.2) is 72.9 Å². The Labute approximate surface area is 192 Å². The van der Waals surface area contributed by atoms with Crippen LogP contribution in [0.1, 0.15) is 47.6 Å². The summed E-state index contributed by atoms with van der Waals surface area (Å²) >= 11 is 0. The molecular formula is C28H23N3O2. The summed E-state index contributed by atoms with van der Waals surface area (Å²) in [7, 11) is 0. The van der Waals surface area contributed by atoms with E-state index in [0.717, 1.165) is 24.1 Å². The lowest BCUT2D eigenvalue weighted by molar-refractivity contribution is 0.0866. The number of hydrogen-bond donors (Lipinski definition) is 0. The average molecular weight is 434 g/mol. The highest BCUT2D eigenvalue weighted by atomic mass is 16.6. The van der Waals surface area contributed by atoms with Crippen molar-refractivity contribution in [2.45, 2.75) is 37.3 Å². The Morgan fingerprint density at radius 1 is 1.03 bits per heavy atom. The number of hydrogen-bond acceptors (Lipinski definition) is 4. The summed E-state index contributed by atoms with van der Waals surface area (Å²) in [4.78, 5) is 19.6. The normalized spacial score (nSPS) is 20.6. The van der Waals surface area contributed by atoms with E-state index in [1.165, 1.54) is 22.3 Å². The lowest BCUT2D eigenvalue weighted by atomic mass is 9.96. The van der Waals surface area contributed by atoms with Crippen LogP contribution in [-0.2, 0) is 4.74 Å². The van der Waals surface area contributed by atoms with Crippen LogP contribution in [0.3, 0.4) is 0 Å². The van der Waals surface area contributed by atoms with Gasteiger partial charge in [0.15, 0.2) is 0 Å². The number of pyridine rings is 1. The van der Waals surface area contributed by atoms with E-state index in [1.807, 2.05) is 17.0 Å². The Balaban J connectivity index is 1.21. The summed E-state index contributed by atoms with van der Waals surface area (Å²) < 4.78 is 5.94. The summed E-state index contributed by atoms with van der Waals surface area (Å²) in [6, 6.07) is 22.6. The fraction of sp³-hybridized carbons (Fsp3) is 0.250. The second-order valence-corrected chi connectivity index (χ2v) is 8.92. The molecular weight excluding hydrogens is 410 g/mol. The van der Waals surface area contributed by atoms with Gasteiger partial charge in [-0.2, -0.15) is 5.26 Å². The molecule has 6 rings (SSSR count). The molecule has 0 radical (unpaired) electrons. The van der Waals surface area contributed by atoms with Gasteiger partial charge in [-0.1, -0.05) is 54.6 Å². The number of rotatable bonds is 3. The third-order valence-electron chi connectivity index (χ3n) is 7.17. The van der Waals surface area contributed by atoms with Crippen LogP contribution >= 0.6 is 0 Å². The molecule has 3 aromatic rings. The number of carbonyl (C=O) groups is 1. The molecule has 2 aromatic carbocycles. The van der Waals surface area contributed by atoms with E-state index < -0.39 is 0 Å². The van der Waals surface area contributed by atoms with Crippen molar-refractivity contribution in [2.24, 2.45) is 0 Å². The standard InChI is InChI=1S/C28H23N3O2/c29-16-18-6-5-13-30-27(18)19-14-20-11-12-21(15-19)31(20)28(32)33-17-26-24-9-3-1-7-22(24)23-8-2-4-10-25(23)26/h1-10,13-14,20-21,26H,11-12,15,17H2. The van der Waals surface area contributed by atoms with Crippen molar-refractivity contribution < 1.29 is 9.53 Å². The molecule has 33 heavy (non-hydrogen) atoms. The van der Waals surface area contributed by atoms with Gasteiger partial charge >= 0.3 is 6.09 Å². The monoisotopic (exact) mass is 433 g/mol. The van der Waals surface area contributed by atoms with Gasteiger partial charge in [-0.3, -0.25) is 9.88 Å². The van der Waals surface area contributed by atoms with Crippen molar-refractivity contribution in [1.29, 1.82) is 5.26 Å². The van der Waals surface area contributed by atoms with Crippen LogP contribution in [0.5, 0.6) is 0 Å². The summed E-state index contributed by atoms with van der Waals surface area (Å²) in [6.45, 7) is 0.332. The largest absolute Gasteiger partial charge is 0.448 e. The Bertz CT molecular complexity index is 1280. The Morgan fingerprint density at radius 2 is 1.76 bits per heavy atom. The minimum absolute atomic E-state index is 0.0112. The second-order valence-electron chi connectivity index (χ2n) is 8.92. The highest BCUT2D eigenvalue weighted by Crippen LogP contribution is 2.45. The van der Waals surface area contributed by atoms with E-state index in [-0.39, 0.29) is 24.1 Å². The van der Waals surface area contributed by atoms with E-state index >= 15 is 0 Å². The predicted octanol–water partition coefficient (Wildman–Crippen LogP) is 5.52. The van der Waals surface area contributed by atoms with E-state index in [2.05, 4.69) is 53.5 Å². The molecule has 1 amide bonds. The molecule has 2 atom stereocenters. The number of fused-ring (bicyclic) bond motifs is 5. The average Bonchev–Trinajstić information content (AvgIpc) is 3.33. The molecule has 3 heterocycles. The van der Waals surface area contributed by atoms with Gasteiger partial charge in [-0.15, -0.1) is 0 Å². The van der Waals surface area contributed by atoms with Gasteiger partial charge in [0.05, 0.1) is 17.3 Å². The SMILES string of the molecule is N#Cc1cccnc1C1=CC2CCC(C1)N2C(=O)OCC1c2ccccc2-c2ccccc21. The molecule has 2 bridgehead atoms. The zero-order valence-corrected chi connectivity index (χ0v) is 18.1. The number of amides is 1. The Morgan fingerprint density at radius 3 is 2.45 bits per heavy atom. The van der Waals surface area contributed by atoms with Crippen molar-refractivity contribution in [3.05, 3.63) is 95.3 Å². The molecule has 2 aliphatic heterocycles. The molecule has 0 saturated carbocycles. The van der Waals surface area contributed by atoms with Gasteiger partial charge < -0.3 is 4.74 Å². The lowest BCUT2D eigenvalue weighted by Crippen LogP contribution is -2.43. The first-order valence-corrected chi connectivity index (χ1v) is 11.4. The summed E-state index contributed by atoms with van der Waals surface area (Å²) in [6.07, 6.45) is 6.12. The van der Waals surface area contributed by atoms with Crippen LogP contribution in [0.4, 0.5) is 4.79 Å². The molecule has 0 spiro atoms. The highest BCUT2D eigenvalue weighted by molar-refractivity contribution is 5.79. The maximum atomic E-state index is 13.2. The van der Waals surface area contributed by atoms with Crippen LogP contribution < -0.4 is 0 Å². The molecule has 1 fully saturated rings. The predicted molar refractivity (Wildman–Crippen MR) is 125 cm³/mol. The van der Waals surface area contributed by atoms with E-state index in [0.29, 0.717) is 18.6 Å². The van der Waals surface area contributed by atoms with E-state index in [9.17, 15) is 10.1 Å². The van der Waals surface area contributed by atoms with Crippen molar-refractivity contribution in [1.82, 2.24) is 9.88 Å². The van der Waals surface area contributed by atoms with E-state index in [1.54, 1.807) is 18.3 Å². The second kappa shape index (κ2) is 7.90. The molecule has 2 unspecified atom stereocenters. The lowest BCUT2D eigenvalue weighted by Gasteiger charge is -2.33. The molecule has 1 aliphatic carbocycles. The zero-order valence-electron chi connectivity index (χ0n) is 18.1. The molecule has 5 nitrogen and oxygen atoms in total. The molecule has 5 heteroatoms. The van der Waals surface area contributed by atoms with Gasteiger partial charge in [0.25, 0.3) is 0 Å². The van der Waals surface area contributed by atoms with Crippen molar-refractivity contribution in [3.63, 3.8) is 0 Å². The molecule has 0 N–H and O–H groups in total. The highest BCUT2D eigenvalue weighted by Gasteiger charge is 2.41. The number of benzene rings is 2. The summed E-state index contributed by atoms with van der Waals surface area (Å²) in [5, 5.41) is 9.45. The molecule has 162 valence electrons. The number of ether oxygens (including phenoxy) is 1. The van der Waals surface area contributed by atoms with Crippen LogP contribution in [0, 0.1) is 11.3 Å². The summed E-state index contributed by atoms with van der Waals surface area (Å²) in [5.41, 5.74) is 7.26. The van der Waals surface area contributed by atoms with E-state index in [4.69, 9.17) is 4.74 Å². The fourth-order valence-electron chi connectivity index (χ4n) is 5.71. The minimum atomic E-state index is -0.249. The molecule has 3 aliphatic rings. The Hall–Kier alpha value is -3.91. The van der Waals surface area contributed by atoms with Crippen molar-refractivity contribution in [2.75, 3.05) is 6.61 Å². The van der Waals surface area contributed by atoms with Gasteiger partial charge in [0, 0.05) is 18.2 Å². The van der Waals surface area contributed by atoms with Crippen molar-refractivity contribution in [3.8, 4) is 17.2 Å². The number of nitrogens with zero attached hydrogens (tertiary/aromatic N) is 3. The number of nitriles is 1. The van der Waals surface area contributed by atoms with Crippen LogP contribution in [0.25, 0.3) is 16.7 Å². The maximum Gasteiger partial charge on any atom is 0.410 e. The fourth-order valence-corrected chi connectivity index (χ4v) is 5.71. The number of aromatic nitrogens is 1. The third kappa shape index (κ3) is 3.22. The van der Waals surface area contributed by atoms with Gasteiger partial charge in [0.1, 0.15) is 12.7 Å². The van der Waals surface area contributed by atoms with Crippen LogP contribution in [-0.4, -0.2) is 34.7 Å². The first-order chi connectivity index (χ1) is 16.2. The van der Waals surface area contributed by atoms with Gasteiger partial charge in [-0.05, 0) is 59.2 Å². The number of carbonyl (C=O) groups excluding carboxylic acids is 1. The first kappa shape index (κ1) is 19.8. The molecule has 1 saturated heterocycles. The maximum absolute atomic E-state index is 13.2. The van der Waals surface area contributed by atoms with Crippen molar-refractivity contribution >= 4 is 11.7 Å². The quantitative estimate of drug-likeness (QED) is 0.545. The third-order valence-corrected chi connectivity index (χ3v) is 7.17. The van der Waals surface area contributed by atoms with Gasteiger partial charge in [-0.25, -0.2) is 4.79 Å². The zero-order chi connectivity index (χ0) is 22.4. The van der Waals surface area contributed by atoms with Gasteiger partial charge in [0.2, 0.25) is 0 Å². The Kier molecular flexibility index (Phi) is 4.73. The minimum Gasteiger partial charge on any atom is -0.448 e. The topological polar surface area (TPSA) is 66.2 Å². The van der Waals surface area contributed by atoms with Crippen LogP contribution in [0.2, 0.25) is 0 Å². The molecule has 1 aromatic heterocycles. The summed E-state index contributed by atoms with van der Waals surface area (Å²) in [5.74, 6) is 0.0570. The first-order valence-electron chi connectivity index (χ1n) is 11.4. The smallest absolute Gasteiger partial charge is 0.410 e.